The van der Waals surface area contributed by atoms with E-state index < -0.39 is 0 Å². The van der Waals surface area contributed by atoms with Gasteiger partial charge in [-0.3, -0.25) is 4.79 Å². The second-order valence-electron chi connectivity index (χ2n) is 5.77. The van der Waals surface area contributed by atoms with E-state index in [1.54, 1.807) is 0 Å². The molecular weight excluding hydrogens is 318 g/mol. The molecule has 0 aliphatic carbocycles. The number of benzene rings is 2. The van der Waals surface area contributed by atoms with Crippen LogP contribution in [0.2, 0.25) is 0 Å². The summed E-state index contributed by atoms with van der Waals surface area (Å²) in [6.45, 7) is 5.89. The van der Waals surface area contributed by atoms with Gasteiger partial charge in [-0.25, -0.2) is 0 Å². The van der Waals surface area contributed by atoms with Crippen molar-refractivity contribution in [3.05, 3.63) is 54.1 Å². The predicted octanol–water partition coefficient (Wildman–Crippen LogP) is 4.97. The summed E-state index contributed by atoms with van der Waals surface area (Å²) in [7, 11) is 0. The Hall–Kier alpha value is -2.40. The van der Waals surface area contributed by atoms with Crippen LogP contribution in [-0.2, 0) is 4.79 Å². The Morgan fingerprint density at radius 3 is 2.17 bits per heavy atom. The van der Waals surface area contributed by atoms with E-state index in [-0.39, 0.29) is 5.91 Å². The summed E-state index contributed by atoms with van der Waals surface area (Å²) < 4.78 is 0. The van der Waals surface area contributed by atoms with Crippen molar-refractivity contribution in [2.75, 3.05) is 16.0 Å². The maximum atomic E-state index is 11.1. The maximum absolute atomic E-state index is 11.1. The topological polar surface area (TPSA) is 53.2 Å². The summed E-state index contributed by atoms with van der Waals surface area (Å²) >= 11 is 5.35. The smallest absolute Gasteiger partial charge is 0.221 e. The van der Waals surface area contributed by atoms with E-state index in [1.807, 2.05) is 36.4 Å². The Bertz CT molecular complexity index is 713. The van der Waals surface area contributed by atoms with Crippen molar-refractivity contribution in [3.63, 3.8) is 0 Å². The van der Waals surface area contributed by atoms with E-state index in [0.29, 0.717) is 11.0 Å². The molecule has 0 spiro atoms. The molecule has 3 N–H and O–H groups in total. The van der Waals surface area contributed by atoms with Gasteiger partial charge >= 0.3 is 0 Å². The summed E-state index contributed by atoms with van der Waals surface area (Å²) in [5.74, 6) is 0.454. The number of hydrogen-bond donors (Lipinski definition) is 3. The van der Waals surface area contributed by atoms with Crippen molar-refractivity contribution in [1.29, 1.82) is 0 Å². The molecule has 1 atom stereocenters. The van der Waals surface area contributed by atoms with Crippen molar-refractivity contribution in [1.82, 2.24) is 0 Å². The Kier molecular flexibility index (Phi) is 6.32. The molecule has 0 saturated heterocycles. The highest BCUT2D eigenvalue weighted by Gasteiger charge is 2.04. The van der Waals surface area contributed by atoms with Crippen molar-refractivity contribution in [3.8, 4) is 0 Å². The molecule has 5 heteroatoms. The number of anilines is 3. The van der Waals surface area contributed by atoms with Crippen LogP contribution in [0, 0.1) is 0 Å². The number of nitrogens with one attached hydrogen (secondary N) is 3. The lowest BCUT2D eigenvalue weighted by Gasteiger charge is -2.13. The van der Waals surface area contributed by atoms with Gasteiger partial charge in [0.2, 0.25) is 5.91 Å². The van der Waals surface area contributed by atoms with Gasteiger partial charge in [-0.15, -0.1) is 0 Å². The van der Waals surface area contributed by atoms with Crippen LogP contribution in [0.15, 0.2) is 48.5 Å². The fourth-order valence-corrected chi connectivity index (χ4v) is 2.54. The van der Waals surface area contributed by atoms with Crippen LogP contribution in [-0.4, -0.2) is 11.0 Å². The molecule has 0 aliphatic heterocycles. The maximum Gasteiger partial charge on any atom is 0.221 e. The highest BCUT2D eigenvalue weighted by atomic mass is 32.1. The third kappa shape index (κ3) is 5.35. The highest BCUT2D eigenvalue weighted by molar-refractivity contribution is 7.80. The van der Waals surface area contributed by atoms with Crippen LogP contribution in [0.3, 0.4) is 0 Å². The van der Waals surface area contributed by atoms with E-state index in [9.17, 15) is 4.79 Å². The summed E-state index contributed by atoms with van der Waals surface area (Å²) in [4.78, 5) is 11.1. The van der Waals surface area contributed by atoms with Gasteiger partial charge < -0.3 is 16.0 Å². The van der Waals surface area contributed by atoms with Gasteiger partial charge in [0.15, 0.2) is 5.11 Å². The van der Waals surface area contributed by atoms with E-state index in [2.05, 4.69) is 41.9 Å². The Morgan fingerprint density at radius 1 is 1.00 bits per heavy atom. The number of thiocarbonyl (C=S) groups is 1. The van der Waals surface area contributed by atoms with Gasteiger partial charge in [-0.2, -0.15) is 0 Å². The second kappa shape index (κ2) is 8.45. The number of carbonyl (C=O) groups is 1. The zero-order valence-electron chi connectivity index (χ0n) is 14.2. The highest BCUT2D eigenvalue weighted by Crippen LogP contribution is 2.21. The van der Waals surface area contributed by atoms with Gasteiger partial charge in [-0.1, -0.05) is 32.0 Å². The third-order valence-electron chi connectivity index (χ3n) is 3.79. The first kappa shape index (κ1) is 17.9. The minimum Gasteiger partial charge on any atom is -0.332 e. The summed E-state index contributed by atoms with van der Waals surface area (Å²) in [6.07, 6.45) is 1.12. The monoisotopic (exact) mass is 341 g/mol. The summed E-state index contributed by atoms with van der Waals surface area (Å²) in [6, 6.07) is 15.7. The van der Waals surface area contributed by atoms with Crippen LogP contribution >= 0.6 is 12.2 Å². The summed E-state index contributed by atoms with van der Waals surface area (Å²) in [5, 5.41) is 9.54. The number of amides is 1. The van der Waals surface area contributed by atoms with Crippen LogP contribution in [0.1, 0.15) is 38.7 Å². The third-order valence-corrected chi connectivity index (χ3v) is 3.99. The lowest BCUT2D eigenvalue weighted by Crippen LogP contribution is -2.19. The molecule has 126 valence electrons. The van der Waals surface area contributed by atoms with Gasteiger partial charge in [0.05, 0.1) is 0 Å². The first-order valence-corrected chi connectivity index (χ1v) is 8.44. The normalized spacial score (nSPS) is 11.5. The molecule has 0 saturated carbocycles. The average molecular weight is 341 g/mol. The zero-order chi connectivity index (χ0) is 17.5. The average Bonchev–Trinajstić information content (AvgIpc) is 2.54. The fraction of sp³-hybridized carbons (Fsp3) is 0.263. The lowest BCUT2D eigenvalue weighted by atomic mass is 9.99. The first-order valence-electron chi connectivity index (χ1n) is 8.03. The molecule has 0 heterocycles. The Balaban J connectivity index is 1.97. The molecule has 0 unspecified atom stereocenters. The van der Waals surface area contributed by atoms with Gasteiger partial charge in [0.25, 0.3) is 0 Å². The SMILES string of the molecule is CC[C@H](C)c1ccc(NC(=S)Nc2cccc(NC(C)=O)c2)cc1. The number of hydrogen-bond acceptors (Lipinski definition) is 2. The molecule has 1 amide bonds. The number of rotatable bonds is 5. The summed E-state index contributed by atoms with van der Waals surface area (Å²) in [5.41, 5.74) is 3.81. The molecule has 0 fully saturated rings. The van der Waals surface area contributed by atoms with Crippen LogP contribution in [0.4, 0.5) is 17.1 Å². The van der Waals surface area contributed by atoms with Gasteiger partial charge in [0.1, 0.15) is 0 Å². The number of carbonyl (C=O) groups excluding carboxylic acids is 1. The molecule has 2 aromatic rings. The molecule has 0 bridgehead atoms. The molecule has 2 rings (SSSR count). The quantitative estimate of drug-likeness (QED) is 0.672. The van der Waals surface area contributed by atoms with E-state index in [0.717, 1.165) is 23.5 Å². The van der Waals surface area contributed by atoms with Crippen molar-refractivity contribution in [2.24, 2.45) is 0 Å². The molecule has 2 aromatic carbocycles. The van der Waals surface area contributed by atoms with E-state index >= 15 is 0 Å². The van der Waals surface area contributed by atoms with E-state index in [4.69, 9.17) is 12.2 Å². The Labute approximate surface area is 148 Å². The molecule has 24 heavy (non-hydrogen) atoms. The van der Waals surface area contributed by atoms with Crippen molar-refractivity contribution >= 4 is 40.3 Å². The Morgan fingerprint density at radius 2 is 1.58 bits per heavy atom. The molecule has 0 radical (unpaired) electrons. The minimum atomic E-state index is -0.103. The molecule has 0 aromatic heterocycles. The second-order valence-corrected chi connectivity index (χ2v) is 6.18. The van der Waals surface area contributed by atoms with Crippen LogP contribution in [0.5, 0.6) is 0 Å². The van der Waals surface area contributed by atoms with Crippen molar-refractivity contribution < 1.29 is 4.79 Å². The zero-order valence-corrected chi connectivity index (χ0v) is 15.0. The minimum absolute atomic E-state index is 0.103. The fourth-order valence-electron chi connectivity index (χ4n) is 2.30. The van der Waals surface area contributed by atoms with Gasteiger partial charge in [-0.05, 0) is 60.5 Å². The lowest BCUT2D eigenvalue weighted by molar-refractivity contribution is -0.114. The first-order chi connectivity index (χ1) is 11.5. The standard InChI is InChI=1S/C19H23N3OS/c1-4-13(2)15-8-10-16(11-9-15)21-19(24)22-18-7-5-6-17(12-18)20-14(3)23/h5-13H,4H2,1-3H3,(H,20,23)(H2,21,22,24)/t13-/m0/s1. The van der Waals surface area contributed by atoms with Crippen LogP contribution in [0.25, 0.3) is 0 Å². The van der Waals surface area contributed by atoms with Crippen molar-refractivity contribution in [2.45, 2.75) is 33.1 Å². The van der Waals surface area contributed by atoms with Gasteiger partial charge in [0, 0.05) is 24.0 Å². The predicted molar refractivity (Wildman–Crippen MR) is 106 cm³/mol. The van der Waals surface area contributed by atoms with E-state index in [1.165, 1.54) is 12.5 Å². The molecule has 4 nitrogen and oxygen atoms in total. The molecule has 0 aliphatic rings. The largest absolute Gasteiger partial charge is 0.332 e. The molecular formula is C19H23N3OS. The van der Waals surface area contributed by atoms with Crippen LogP contribution < -0.4 is 16.0 Å².